The predicted molar refractivity (Wildman–Crippen MR) is 114 cm³/mol. The second-order valence-electron chi connectivity index (χ2n) is 8.46. The van der Waals surface area contributed by atoms with E-state index in [2.05, 4.69) is 24.4 Å². The van der Waals surface area contributed by atoms with Crippen LogP contribution >= 0.6 is 0 Å². The van der Waals surface area contributed by atoms with Gasteiger partial charge >= 0.3 is 0 Å². The third-order valence-electron chi connectivity index (χ3n) is 5.84. The topological polar surface area (TPSA) is 52.7 Å². The number of nitrogens with one attached hydrogen (secondary N) is 1. The van der Waals surface area contributed by atoms with Gasteiger partial charge in [-0.1, -0.05) is 48.0 Å². The molecule has 0 spiro atoms. The minimum absolute atomic E-state index is 0.0102. The Morgan fingerprint density at radius 3 is 2.59 bits per heavy atom. The average molecular weight is 392 g/mol. The molecule has 29 heavy (non-hydrogen) atoms. The molecule has 1 fully saturated rings. The molecule has 1 saturated carbocycles. The summed E-state index contributed by atoms with van der Waals surface area (Å²) in [5, 5.41) is 3.12. The van der Waals surface area contributed by atoms with E-state index in [1.807, 2.05) is 60.3 Å². The standard InChI is InChI=1S/C24H29N3O2/c1-16-7-6-8-17(15-16)22-21(23(28)25-13-14-26(2)3)19-9-4-5-10-20(19)24(29)27(22)18-11-12-18/h4-10,15,18,21-22H,11-14H2,1-3H3,(H,25,28). The number of fused-ring (bicyclic) bond motifs is 1. The molecule has 2 aliphatic rings. The lowest BCUT2D eigenvalue weighted by molar-refractivity contribution is -0.124. The molecule has 152 valence electrons. The molecule has 2 amide bonds. The number of aryl methyl sites for hydroxylation is 1. The maximum absolute atomic E-state index is 13.4. The molecule has 5 heteroatoms. The highest BCUT2D eigenvalue weighted by atomic mass is 16.2. The maximum Gasteiger partial charge on any atom is 0.254 e. The van der Waals surface area contributed by atoms with Crippen LogP contribution in [-0.2, 0) is 4.79 Å². The summed E-state index contributed by atoms with van der Waals surface area (Å²) in [4.78, 5) is 30.9. The Balaban J connectivity index is 1.79. The number of hydrogen-bond acceptors (Lipinski definition) is 3. The number of amides is 2. The Kier molecular flexibility index (Phi) is 5.41. The van der Waals surface area contributed by atoms with Gasteiger partial charge in [0.2, 0.25) is 5.91 Å². The lowest BCUT2D eigenvalue weighted by atomic mass is 9.78. The Morgan fingerprint density at radius 1 is 1.14 bits per heavy atom. The Hall–Kier alpha value is -2.66. The fraction of sp³-hybridized carbons (Fsp3) is 0.417. The van der Waals surface area contributed by atoms with Crippen LogP contribution in [0.3, 0.4) is 0 Å². The minimum atomic E-state index is -0.409. The molecule has 0 saturated heterocycles. The molecule has 1 heterocycles. The van der Waals surface area contributed by atoms with Gasteiger partial charge in [-0.2, -0.15) is 0 Å². The van der Waals surface area contributed by atoms with Gasteiger partial charge in [0.1, 0.15) is 0 Å². The van der Waals surface area contributed by atoms with Crippen LogP contribution < -0.4 is 5.32 Å². The molecular formula is C24H29N3O2. The largest absolute Gasteiger partial charge is 0.354 e. The highest BCUT2D eigenvalue weighted by Gasteiger charge is 2.48. The monoisotopic (exact) mass is 391 g/mol. The fourth-order valence-electron chi connectivity index (χ4n) is 4.31. The van der Waals surface area contributed by atoms with E-state index in [9.17, 15) is 9.59 Å². The van der Waals surface area contributed by atoms with E-state index in [0.29, 0.717) is 12.1 Å². The van der Waals surface area contributed by atoms with Crippen molar-refractivity contribution in [2.75, 3.05) is 27.2 Å². The Bertz CT molecular complexity index is 920. The van der Waals surface area contributed by atoms with E-state index in [1.165, 1.54) is 0 Å². The van der Waals surface area contributed by atoms with Crippen molar-refractivity contribution in [2.24, 2.45) is 0 Å². The summed E-state index contributed by atoms with van der Waals surface area (Å²) >= 11 is 0. The molecule has 0 aromatic heterocycles. The number of carbonyl (C=O) groups is 2. The van der Waals surface area contributed by atoms with E-state index in [0.717, 1.165) is 36.1 Å². The summed E-state index contributed by atoms with van der Waals surface area (Å²) in [5.74, 6) is -0.371. The van der Waals surface area contributed by atoms with Gasteiger partial charge in [-0.15, -0.1) is 0 Å². The fourth-order valence-corrected chi connectivity index (χ4v) is 4.31. The van der Waals surface area contributed by atoms with Crippen LogP contribution in [0.5, 0.6) is 0 Å². The van der Waals surface area contributed by atoms with Gasteiger partial charge in [-0.05, 0) is 51.1 Å². The summed E-state index contributed by atoms with van der Waals surface area (Å²) in [5.41, 5.74) is 3.67. The second kappa shape index (κ2) is 7.99. The molecule has 2 unspecified atom stereocenters. The first-order valence-corrected chi connectivity index (χ1v) is 10.4. The summed E-state index contributed by atoms with van der Waals surface area (Å²) in [6.45, 7) is 3.42. The van der Waals surface area contributed by atoms with Crippen LogP contribution in [0, 0.1) is 6.92 Å². The summed E-state index contributed by atoms with van der Waals surface area (Å²) in [7, 11) is 3.98. The first kappa shape index (κ1) is 19.6. The number of benzene rings is 2. The summed E-state index contributed by atoms with van der Waals surface area (Å²) < 4.78 is 0. The Labute approximate surface area is 172 Å². The normalized spacial score (nSPS) is 21.2. The maximum atomic E-state index is 13.4. The van der Waals surface area contributed by atoms with Crippen LogP contribution in [0.1, 0.15) is 51.8 Å². The number of carbonyl (C=O) groups excluding carboxylic acids is 2. The van der Waals surface area contributed by atoms with Crippen molar-refractivity contribution in [3.63, 3.8) is 0 Å². The van der Waals surface area contributed by atoms with Gasteiger partial charge in [-0.3, -0.25) is 9.59 Å². The molecule has 0 radical (unpaired) electrons. The number of rotatable bonds is 6. The van der Waals surface area contributed by atoms with Gasteiger partial charge in [0.05, 0.1) is 12.0 Å². The molecule has 1 aliphatic carbocycles. The first-order valence-electron chi connectivity index (χ1n) is 10.4. The van der Waals surface area contributed by atoms with Gasteiger partial charge in [0.15, 0.2) is 0 Å². The van der Waals surface area contributed by atoms with E-state index >= 15 is 0 Å². The summed E-state index contributed by atoms with van der Waals surface area (Å²) in [6.07, 6.45) is 2.01. The lowest BCUT2D eigenvalue weighted by Crippen LogP contribution is -2.48. The highest BCUT2D eigenvalue weighted by Crippen LogP contribution is 2.47. The minimum Gasteiger partial charge on any atom is -0.354 e. The van der Waals surface area contributed by atoms with Gasteiger partial charge in [-0.25, -0.2) is 0 Å². The van der Waals surface area contributed by atoms with E-state index in [-0.39, 0.29) is 23.9 Å². The van der Waals surface area contributed by atoms with Gasteiger partial charge in [0, 0.05) is 24.7 Å². The zero-order valence-corrected chi connectivity index (χ0v) is 17.4. The second-order valence-corrected chi connectivity index (χ2v) is 8.46. The molecule has 2 aromatic carbocycles. The molecule has 4 rings (SSSR count). The molecule has 1 aliphatic heterocycles. The lowest BCUT2D eigenvalue weighted by Gasteiger charge is -2.42. The van der Waals surface area contributed by atoms with E-state index in [4.69, 9.17) is 0 Å². The first-order chi connectivity index (χ1) is 14.0. The molecule has 1 N–H and O–H groups in total. The molecule has 2 aromatic rings. The van der Waals surface area contributed by atoms with Gasteiger partial charge < -0.3 is 15.1 Å². The summed E-state index contributed by atoms with van der Waals surface area (Å²) in [6, 6.07) is 15.8. The molecule has 5 nitrogen and oxygen atoms in total. The van der Waals surface area contributed by atoms with Crippen LogP contribution in [0.25, 0.3) is 0 Å². The van der Waals surface area contributed by atoms with Crippen LogP contribution in [0.15, 0.2) is 48.5 Å². The average Bonchev–Trinajstić information content (AvgIpc) is 3.52. The highest BCUT2D eigenvalue weighted by molar-refractivity contribution is 6.01. The molecule has 0 bridgehead atoms. The van der Waals surface area contributed by atoms with Crippen molar-refractivity contribution in [2.45, 2.75) is 37.8 Å². The smallest absolute Gasteiger partial charge is 0.254 e. The quantitative estimate of drug-likeness (QED) is 0.823. The van der Waals surface area contributed by atoms with Crippen molar-refractivity contribution >= 4 is 11.8 Å². The zero-order valence-electron chi connectivity index (χ0n) is 17.4. The predicted octanol–water partition coefficient (Wildman–Crippen LogP) is 3.12. The van der Waals surface area contributed by atoms with Crippen molar-refractivity contribution in [1.82, 2.24) is 15.1 Å². The number of likely N-dealkylation sites (N-methyl/N-ethyl adjacent to an activating group) is 1. The van der Waals surface area contributed by atoms with Gasteiger partial charge in [0.25, 0.3) is 5.91 Å². The third-order valence-corrected chi connectivity index (χ3v) is 5.84. The van der Waals surface area contributed by atoms with E-state index < -0.39 is 5.92 Å². The number of hydrogen-bond donors (Lipinski definition) is 1. The zero-order chi connectivity index (χ0) is 20.5. The van der Waals surface area contributed by atoms with Crippen molar-refractivity contribution in [3.05, 3.63) is 70.8 Å². The SMILES string of the molecule is Cc1cccc(C2C(C(=O)NCCN(C)C)c3ccccc3C(=O)N2C2CC2)c1. The Morgan fingerprint density at radius 2 is 1.90 bits per heavy atom. The van der Waals surface area contributed by atoms with Crippen molar-refractivity contribution in [3.8, 4) is 0 Å². The van der Waals surface area contributed by atoms with Crippen LogP contribution in [0.2, 0.25) is 0 Å². The van der Waals surface area contributed by atoms with Crippen LogP contribution in [0.4, 0.5) is 0 Å². The van der Waals surface area contributed by atoms with E-state index in [1.54, 1.807) is 0 Å². The van der Waals surface area contributed by atoms with Crippen LogP contribution in [-0.4, -0.2) is 54.8 Å². The number of nitrogens with zero attached hydrogens (tertiary/aromatic N) is 2. The molecule has 2 atom stereocenters. The van der Waals surface area contributed by atoms with Crippen molar-refractivity contribution < 1.29 is 9.59 Å². The van der Waals surface area contributed by atoms with Crippen molar-refractivity contribution in [1.29, 1.82) is 0 Å². The molecular weight excluding hydrogens is 362 g/mol. The third kappa shape index (κ3) is 3.92.